The number of methoxy groups -OCH3 is 1. The second-order valence-corrected chi connectivity index (χ2v) is 11.6. The Hall–Kier alpha value is -3.96. The smallest absolute Gasteiger partial charge is 0.407 e. The van der Waals surface area contributed by atoms with Crippen LogP contribution < -0.4 is 21.3 Å². The molecular weight excluding hydrogens is 550 g/mol. The lowest BCUT2D eigenvalue weighted by atomic mass is 9.96. The van der Waals surface area contributed by atoms with Gasteiger partial charge in [-0.2, -0.15) is 0 Å². The van der Waals surface area contributed by atoms with Crippen molar-refractivity contribution in [1.82, 2.24) is 26.2 Å². The van der Waals surface area contributed by atoms with Crippen LogP contribution in [0.15, 0.2) is 54.6 Å². The van der Waals surface area contributed by atoms with Crippen LogP contribution in [0.5, 0.6) is 0 Å². The monoisotopic (exact) mass is 595 g/mol. The Labute approximate surface area is 253 Å². The van der Waals surface area contributed by atoms with Crippen molar-refractivity contribution in [2.75, 3.05) is 39.8 Å². The van der Waals surface area contributed by atoms with Crippen molar-refractivity contribution in [3.05, 3.63) is 60.2 Å². The molecule has 4 N–H and O–H groups in total. The lowest BCUT2D eigenvalue weighted by molar-refractivity contribution is -0.134. The summed E-state index contributed by atoms with van der Waals surface area (Å²) in [7, 11) is 1.26. The number of carbonyl (C=O) groups excluding carboxylic acids is 4. The molecule has 0 aromatic heterocycles. The van der Waals surface area contributed by atoms with Gasteiger partial charge in [-0.3, -0.25) is 14.5 Å². The molecule has 1 heterocycles. The first-order valence-corrected chi connectivity index (χ1v) is 14.7. The van der Waals surface area contributed by atoms with Crippen LogP contribution in [0.25, 0.3) is 10.8 Å². The Morgan fingerprint density at radius 2 is 1.70 bits per heavy atom. The molecule has 1 unspecified atom stereocenters. The number of likely N-dealkylation sites (tertiary alicyclic amines) is 1. The fourth-order valence-corrected chi connectivity index (χ4v) is 5.03. The molecule has 0 bridgehead atoms. The van der Waals surface area contributed by atoms with Gasteiger partial charge in [0.05, 0.1) is 13.7 Å². The van der Waals surface area contributed by atoms with E-state index in [1.807, 2.05) is 0 Å². The highest BCUT2D eigenvalue weighted by Crippen LogP contribution is 2.30. The number of ether oxygens (including phenoxy) is 2. The first-order valence-electron chi connectivity index (χ1n) is 14.7. The summed E-state index contributed by atoms with van der Waals surface area (Å²) in [5, 5.41) is 13.8. The summed E-state index contributed by atoms with van der Waals surface area (Å²) < 4.78 is 9.83. The number of fused-ring (bicyclic) bond motifs is 1. The standard InChI is InChI=1S/C32H45N5O6/c1-22(25-13-8-11-23-10-6-7-12-26(23)25)37-18-15-24(16-19-37)36-27(20-35-31(41)43-32(2,3)4)30(40)34-21-28(38)33-17-9-14-29(39)42-5/h6-14,22,24,27,36H,15-21H2,1-5H3,(H,33,38)(H,34,40)(H,35,41)/t22-,27?/m1/s1. The van der Waals surface area contributed by atoms with Crippen molar-refractivity contribution in [2.24, 2.45) is 0 Å². The fraction of sp³-hybridized carbons (Fsp3) is 0.500. The number of hydrogen-bond donors (Lipinski definition) is 4. The van der Waals surface area contributed by atoms with Crippen LogP contribution in [0.2, 0.25) is 0 Å². The molecule has 1 fully saturated rings. The molecule has 43 heavy (non-hydrogen) atoms. The van der Waals surface area contributed by atoms with Crippen LogP contribution in [-0.2, 0) is 23.9 Å². The van der Waals surface area contributed by atoms with E-state index in [2.05, 4.69) is 80.3 Å². The Morgan fingerprint density at radius 3 is 2.40 bits per heavy atom. The van der Waals surface area contributed by atoms with Crippen LogP contribution in [0, 0.1) is 0 Å². The molecular formula is C32H45N5O6. The minimum Gasteiger partial charge on any atom is -0.466 e. The Morgan fingerprint density at radius 1 is 1.00 bits per heavy atom. The Bertz CT molecular complexity index is 1280. The number of carbonyl (C=O) groups is 4. The minimum atomic E-state index is -0.772. The lowest BCUT2D eigenvalue weighted by Crippen LogP contribution is -2.57. The molecule has 11 heteroatoms. The molecule has 0 spiro atoms. The highest BCUT2D eigenvalue weighted by molar-refractivity contribution is 5.88. The third-order valence-corrected chi connectivity index (χ3v) is 7.25. The molecule has 2 atom stereocenters. The van der Waals surface area contributed by atoms with Crippen LogP contribution >= 0.6 is 0 Å². The normalized spacial score (nSPS) is 15.9. The van der Waals surface area contributed by atoms with E-state index in [0.29, 0.717) is 0 Å². The van der Waals surface area contributed by atoms with Crippen LogP contribution in [0.3, 0.4) is 0 Å². The first-order chi connectivity index (χ1) is 20.5. The summed E-state index contributed by atoms with van der Waals surface area (Å²) >= 11 is 0. The second-order valence-electron chi connectivity index (χ2n) is 11.6. The van der Waals surface area contributed by atoms with Gasteiger partial charge in [0.2, 0.25) is 11.8 Å². The van der Waals surface area contributed by atoms with Gasteiger partial charge in [-0.25, -0.2) is 9.59 Å². The molecule has 11 nitrogen and oxygen atoms in total. The Balaban J connectivity index is 1.56. The van der Waals surface area contributed by atoms with E-state index in [1.54, 1.807) is 20.8 Å². The molecule has 3 amide bonds. The van der Waals surface area contributed by atoms with E-state index in [1.165, 1.54) is 35.6 Å². The molecule has 0 saturated carbocycles. The number of rotatable bonds is 12. The predicted molar refractivity (Wildman–Crippen MR) is 165 cm³/mol. The summed E-state index contributed by atoms with van der Waals surface area (Å²) in [6.07, 6.45) is 3.67. The lowest BCUT2D eigenvalue weighted by Gasteiger charge is -2.38. The number of piperidine rings is 1. The van der Waals surface area contributed by atoms with Gasteiger partial charge in [0.25, 0.3) is 0 Å². The quantitative estimate of drug-likeness (QED) is 0.217. The average Bonchev–Trinajstić information content (AvgIpc) is 2.98. The van der Waals surface area contributed by atoms with Gasteiger partial charge in [0, 0.05) is 44.3 Å². The highest BCUT2D eigenvalue weighted by Gasteiger charge is 2.29. The van der Waals surface area contributed by atoms with E-state index in [9.17, 15) is 19.2 Å². The maximum absolute atomic E-state index is 13.1. The summed E-state index contributed by atoms with van der Waals surface area (Å²) in [5.74, 6) is -1.36. The molecule has 1 aliphatic heterocycles. The van der Waals surface area contributed by atoms with Gasteiger partial charge in [-0.15, -0.1) is 0 Å². The molecule has 0 aliphatic carbocycles. The zero-order chi connectivity index (χ0) is 31.4. The first kappa shape index (κ1) is 33.5. The topological polar surface area (TPSA) is 138 Å². The maximum Gasteiger partial charge on any atom is 0.407 e. The molecule has 1 aliphatic rings. The van der Waals surface area contributed by atoms with Gasteiger partial charge in [0.1, 0.15) is 11.6 Å². The van der Waals surface area contributed by atoms with Gasteiger partial charge < -0.3 is 30.7 Å². The number of amides is 3. The fourth-order valence-electron chi connectivity index (χ4n) is 5.03. The molecule has 3 rings (SSSR count). The summed E-state index contributed by atoms with van der Waals surface area (Å²) in [4.78, 5) is 51.2. The van der Waals surface area contributed by atoms with E-state index < -0.39 is 35.5 Å². The molecule has 1 saturated heterocycles. The number of esters is 1. The van der Waals surface area contributed by atoms with Crippen molar-refractivity contribution < 1.29 is 28.7 Å². The maximum atomic E-state index is 13.1. The van der Waals surface area contributed by atoms with Gasteiger partial charge in [-0.05, 0) is 56.9 Å². The van der Waals surface area contributed by atoms with Gasteiger partial charge >= 0.3 is 12.1 Å². The van der Waals surface area contributed by atoms with Crippen molar-refractivity contribution in [1.29, 1.82) is 0 Å². The van der Waals surface area contributed by atoms with Gasteiger partial charge in [-0.1, -0.05) is 48.5 Å². The van der Waals surface area contributed by atoms with Crippen LogP contribution in [0.4, 0.5) is 4.79 Å². The zero-order valence-electron chi connectivity index (χ0n) is 25.8. The van der Waals surface area contributed by atoms with Crippen LogP contribution in [0.1, 0.15) is 52.1 Å². The summed E-state index contributed by atoms with van der Waals surface area (Å²) in [5.41, 5.74) is 0.617. The molecule has 2 aromatic rings. The third-order valence-electron chi connectivity index (χ3n) is 7.25. The number of alkyl carbamates (subject to hydrolysis) is 1. The zero-order valence-corrected chi connectivity index (χ0v) is 25.8. The van der Waals surface area contributed by atoms with Gasteiger partial charge in [0.15, 0.2) is 0 Å². The largest absolute Gasteiger partial charge is 0.466 e. The number of nitrogens with zero attached hydrogens (tertiary/aromatic N) is 1. The molecule has 234 valence electrons. The second kappa shape index (κ2) is 16.0. The van der Waals surface area contributed by atoms with Crippen molar-refractivity contribution in [3.63, 3.8) is 0 Å². The van der Waals surface area contributed by atoms with E-state index >= 15 is 0 Å². The number of nitrogens with one attached hydrogen (secondary N) is 4. The van der Waals surface area contributed by atoms with Crippen molar-refractivity contribution >= 4 is 34.6 Å². The number of benzene rings is 2. The number of hydrogen-bond acceptors (Lipinski definition) is 8. The van der Waals surface area contributed by atoms with Crippen molar-refractivity contribution in [2.45, 2.75) is 64.3 Å². The summed E-state index contributed by atoms with van der Waals surface area (Å²) in [6.45, 7) is 9.07. The summed E-state index contributed by atoms with van der Waals surface area (Å²) in [6, 6.07) is 14.3. The van der Waals surface area contributed by atoms with Crippen LogP contribution in [-0.4, -0.2) is 86.3 Å². The SMILES string of the molecule is COC(=O)C=CCNC(=O)CNC(=O)C(CNC(=O)OC(C)(C)C)NC1CCN([C@H](C)c2cccc3ccccc23)CC1. The third kappa shape index (κ3) is 11.0. The van der Waals surface area contributed by atoms with Crippen molar-refractivity contribution in [3.8, 4) is 0 Å². The van der Waals surface area contributed by atoms with E-state index in [-0.39, 0.29) is 31.7 Å². The molecule has 0 radical (unpaired) electrons. The van der Waals surface area contributed by atoms with E-state index in [0.717, 1.165) is 25.9 Å². The minimum absolute atomic E-state index is 0.00312. The Kier molecular flexibility index (Phi) is 12.5. The predicted octanol–water partition coefficient (Wildman–Crippen LogP) is 2.81. The molecule has 2 aromatic carbocycles. The highest BCUT2D eigenvalue weighted by atomic mass is 16.6. The van der Waals surface area contributed by atoms with E-state index in [4.69, 9.17) is 4.74 Å². The average molecular weight is 596 g/mol.